The molecule has 0 saturated heterocycles. The van der Waals surface area contributed by atoms with Crippen molar-refractivity contribution in [3.63, 3.8) is 0 Å². The number of sulfone groups is 2. The maximum atomic E-state index is 17.5. The lowest BCUT2D eigenvalue weighted by Gasteiger charge is -2.33. The van der Waals surface area contributed by atoms with Crippen molar-refractivity contribution < 1.29 is 30.8 Å². The Hall–Kier alpha value is -3.30. The van der Waals surface area contributed by atoms with Crippen molar-refractivity contribution in [1.82, 2.24) is 0 Å². The normalized spacial score (nSPS) is 13.1. The van der Waals surface area contributed by atoms with Crippen LogP contribution in [0.1, 0.15) is 17.0 Å². The number of halogens is 1. The fraction of sp³-hybridized carbons (Fsp3) is 0.160. The first-order valence-corrected chi connectivity index (χ1v) is 13.1. The summed E-state index contributed by atoms with van der Waals surface area (Å²) in [6, 6.07) is 18.6. The molecule has 0 aliphatic rings. The van der Waals surface area contributed by atoms with Gasteiger partial charge in [0.2, 0.25) is 19.7 Å². The van der Waals surface area contributed by atoms with Crippen molar-refractivity contribution in [1.29, 1.82) is 0 Å². The Morgan fingerprint density at radius 1 is 0.824 bits per heavy atom. The van der Waals surface area contributed by atoms with E-state index in [2.05, 4.69) is 11.3 Å². The summed E-state index contributed by atoms with van der Waals surface area (Å²) in [7, 11) is -9.54. The predicted octanol–water partition coefficient (Wildman–Crippen LogP) is 4.38. The summed E-state index contributed by atoms with van der Waals surface area (Å²) < 4.78 is 73.4. The molecule has 3 aromatic carbocycles. The molecule has 3 rings (SSSR count). The van der Waals surface area contributed by atoms with E-state index in [0.717, 1.165) is 36.9 Å². The lowest BCUT2D eigenvalue weighted by Crippen LogP contribution is -2.49. The van der Waals surface area contributed by atoms with Gasteiger partial charge in [-0.05, 0) is 36.8 Å². The topological polar surface area (TPSA) is 94.6 Å². The SMILES string of the molecule is C=C(C(=O)OC)[C@H](c1ccc(C)cc1)C(F)(S(=O)(=O)c1ccccc1)S(=O)(=O)c1ccccc1. The predicted molar refractivity (Wildman–Crippen MR) is 126 cm³/mol. The summed E-state index contributed by atoms with van der Waals surface area (Å²) in [6.07, 6.45) is 0. The van der Waals surface area contributed by atoms with Crippen LogP contribution >= 0.6 is 0 Å². The van der Waals surface area contributed by atoms with Crippen molar-refractivity contribution in [2.75, 3.05) is 7.11 Å². The minimum atomic E-state index is -5.27. The van der Waals surface area contributed by atoms with E-state index >= 15 is 4.39 Å². The van der Waals surface area contributed by atoms with Crippen LogP contribution < -0.4 is 0 Å². The lowest BCUT2D eigenvalue weighted by atomic mass is 9.92. The van der Waals surface area contributed by atoms with Crippen molar-refractivity contribution in [2.45, 2.75) is 27.0 Å². The molecule has 1 atom stereocenters. The van der Waals surface area contributed by atoms with Crippen LogP contribution in [0.3, 0.4) is 0 Å². The van der Waals surface area contributed by atoms with E-state index in [9.17, 15) is 21.6 Å². The number of hydrogen-bond acceptors (Lipinski definition) is 6. The number of rotatable bonds is 8. The molecule has 178 valence electrons. The molecule has 0 aliphatic carbocycles. The minimum absolute atomic E-state index is 0.0671. The van der Waals surface area contributed by atoms with E-state index < -0.39 is 51.3 Å². The van der Waals surface area contributed by atoms with Crippen molar-refractivity contribution in [3.8, 4) is 0 Å². The van der Waals surface area contributed by atoms with Gasteiger partial charge in [0.25, 0.3) is 0 Å². The highest BCUT2D eigenvalue weighted by Gasteiger charge is 2.64. The maximum absolute atomic E-state index is 17.5. The second kappa shape index (κ2) is 9.52. The summed E-state index contributed by atoms with van der Waals surface area (Å²) in [6.45, 7) is 5.31. The molecular formula is C25H23FO6S2. The van der Waals surface area contributed by atoms with Gasteiger partial charge in [-0.2, -0.15) is 0 Å². The van der Waals surface area contributed by atoms with Crippen LogP contribution in [0.4, 0.5) is 4.39 Å². The number of benzene rings is 3. The van der Waals surface area contributed by atoms with E-state index in [1.54, 1.807) is 19.1 Å². The number of alkyl halides is 1. The number of ether oxygens (including phenoxy) is 1. The van der Waals surface area contributed by atoms with Crippen molar-refractivity contribution in [2.24, 2.45) is 0 Å². The molecule has 0 unspecified atom stereocenters. The zero-order valence-corrected chi connectivity index (χ0v) is 20.1. The third-order valence-corrected chi connectivity index (χ3v) is 10.4. The Morgan fingerprint density at radius 2 is 1.24 bits per heavy atom. The number of carbonyl (C=O) groups is 1. The van der Waals surface area contributed by atoms with E-state index in [1.165, 1.54) is 48.5 Å². The molecule has 0 saturated carbocycles. The Labute approximate surface area is 198 Å². The number of methoxy groups -OCH3 is 1. The summed E-state index contributed by atoms with van der Waals surface area (Å²) in [4.78, 5) is 11.4. The summed E-state index contributed by atoms with van der Waals surface area (Å²) >= 11 is 0. The summed E-state index contributed by atoms with van der Waals surface area (Å²) in [5, 5.41) is 0. The van der Waals surface area contributed by atoms with Crippen LogP contribution in [-0.4, -0.2) is 34.2 Å². The van der Waals surface area contributed by atoms with E-state index in [1.807, 2.05) is 0 Å². The largest absolute Gasteiger partial charge is 0.466 e. The molecule has 6 nitrogen and oxygen atoms in total. The Bertz CT molecular complexity index is 1330. The van der Waals surface area contributed by atoms with Crippen LogP contribution in [0.2, 0.25) is 0 Å². The van der Waals surface area contributed by atoms with Gasteiger partial charge >= 0.3 is 10.3 Å². The molecular weight excluding hydrogens is 479 g/mol. The quantitative estimate of drug-likeness (QED) is 0.335. The van der Waals surface area contributed by atoms with Gasteiger partial charge in [-0.3, -0.25) is 0 Å². The summed E-state index contributed by atoms with van der Waals surface area (Å²) in [5.74, 6) is -3.27. The standard InChI is InChI=1S/C25H23FO6S2/c1-18-14-16-20(17-15-18)23(19(2)24(27)32-3)25(26,33(28,29)21-10-6-4-7-11-21)34(30,31)22-12-8-5-9-13-22/h4-17,23H,2H2,1,3H3/t23-/m1/s1. The number of esters is 1. The average Bonchev–Trinajstić information content (AvgIpc) is 2.85. The van der Waals surface area contributed by atoms with Gasteiger partial charge in [0.1, 0.15) is 0 Å². The molecule has 0 amide bonds. The zero-order chi connectivity index (χ0) is 25.1. The van der Waals surface area contributed by atoms with E-state index in [0.29, 0.717) is 0 Å². The van der Waals surface area contributed by atoms with E-state index in [4.69, 9.17) is 0 Å². The second-order valence-corrected chi connectivity index (χ2v) is 12.0. The van der Waals surface area contributed by atoms with E-state index in [-0.39, 0.29) is 5.56 Å². The molecule has 0 bridgehead atoms. The third-order valence-electron chi connectivity index (χ3n) is 5.39. The fourth-order valence-electron chi connectivity index (χ4n) is 3.59. The van der Waals surface area contributed by atoms with Gasteiger partial charge in [-0.25, -0.2) is 26.0 Å². The van der Waals surface area contributed by atoms with Crippen LogP contribution in [0, 0.1) is 6.92 Å². The van der Waals surface area contributed by atoms with Gasteiger partial charge < -0.3 is 4.74 Å². The molecule has 0 spiro atoms. The smallest absolute Gasteiger partial charge is 0.333 e. The molecule has 0 aromatic heterocycles. The third kappa shape index (κ3) is 4.17. The van der Waals surface area contributed by atoms with Gasteiger partial charge in [-0.1, -0.05) is 72.8 Å². The highest BCUT2D eigenvalue weighted by molar-refractivity contribution is 8.10. The average molecular weight is 503 g/mol. The van der Waals surface area contributed by atoms with Gasteiger partial charge in [0.05, 0.1) is 22.8 Å². The Balaban J connectivity index is 2.47. The molecule has 0 fully saturated rings. The second-order valence-electron chi connectivity index (χ2n) is 7.58. The Morgan fingerprint density at radius 3 is 1.62 bits per heavy atom. The lowest BCUT2D eigenvalue weighted by molar-refractivity contribution is -0.136. The van der Waals surface area contributed by atoms with Crippen LogP contribution in [0.5, 0.6) is 0 Å². The molecule has 0 heterocycles. The highest BCUT2D eigenvalue weighted by Crippen LogP contribution is 2.50. The number of hydrogen-bond donors (Lipinski definition) is 0. The van der Waals surface area contributed by atoms with Gasteiger partial charge in [-0.15, -0.1) is 0 Å². The monoisotopic (exact) mass is 502 g/mol. The first kappa shape index (κ1) is 25.3. The maximum Gasteiger partial charge on any atom is 0.333 e. The van der Waals surface area contributed by atoms with Crippen LogP contribution in [0.15, 0.2) is 107 Å². The minimum Gasteiger partial charge on any atom is -0.466 e. The molecule has 34 heavy (non-hydrogen) atoms. The number of carbonyl (C=O) groups excluding carboxylic acids is 1. The van der Waals surface area contributed by atoms with Crippen molar-refractivity contribution in [3.05, 3.63) is 108 Å². The van der Waals surface area contributed by atoms with Gasteiger partial charge in [0, 0.05) is 5.57 Å². The molecule has 0 radical (unpaired) electrons. The first-order valence-electron chi connectivity index (χ1n) is 10.1. The zero-order valence-electron chi connectivity index (χ0n) is 18.5. The first-order chi connectivity index (χ1) is 16.0. The molecule has 3 aromatic rings. The fourth-order valence-corrected chi connectivity index (χ4v) is 8.18. The molecule has 0 N–H and O–H groups in total. The summed E-state index contributed by atoms with van der Waals surface area (Å²) in [5.41, 5.74) is 0.0304. The molecule has 0 aliphatic heterocycles. The van der Waals surface area contributed by atoms with Crippen LogP contribution in [-0.2, 0) is 29.2 Å². The molecule has 9 heteroatoms. The Kier molecular flexibility index (Phi) is 7.09. The highest BCUT2D eigenvalue weighted by atomic mass is 32.3. The van der Waals surface area contributed by atoms with Gasteiger partial charge in [0.15, 0.2) is 0 Å². The van der Waals surface area contributed by atoms with Crippen molar-refractivity contribution >= 4 is 25.6 Å². The number of aryl methyl sites for hydroxylation is 1. The van der Waals surface area contributed by atoms with Crippen LogP contribution in [0.25, 0.3) is 0 Å².